The number of aryl methyl sites for hydroxylation is 2. The van der Waals surface area contributed by atoms with Crippen molar-refractivity contribution in [2.45, 2.75) is 57.4 Å². The van der Waals surface area contributed by atoms with Crippen LogP contribution in [0.4, 0.5) is 10.1 Å². The van der Waals surface area contributed by atoms with Crippen LogP contribution in [0.25, 0.3) is 28.1 Å². The molecule has 9 rings (SSSR count). The van der Waals surface area contributed by atoms with Crippen molar-refractivity contribution in [3.63, 3.8) is 0 Å². The molecular weight excluding hydrogens is 694 g/mol. The number of nitrogens with one attached hydrogen (secondary N) is 2. The van der Waals surface area contributed by atoms with Gasteiger partial charge in [-0.15, -0.1) is 0 Å². The van der Waals surface area contributed by atoms with Gasteiger partial charge in [0.25, 0.3) is 5.91 Å². The summed E-state index contributed by atoms with van der Waals surface area (Å²) in [5, 5.41) is 6.11. The summed E-state index contributed by atoms with van der Waals surface area (Å²) in [6.45, 7) is 5.45. The van der Waals surface area contributed by atoms with E-state index in [-0.39, 0.29) is 17.4 Å². The Bertz CT molecular complexity index is 2480. The van der Waals surface area contributed by atoms with Crippen LogP contribution < -0.4 is 10.4 Å². The Kier molecular flexibility index (Phi) is 8.04. The summed E-state index contributed by atoms with van der Waals surface area (Å²) in [6.07, 6.45) is 8.91. The van der Waals surface area contributed by atoms with Crippen molar-refractivity contribution < 1.29 is 18.1 Å². The molecule has 0 radical (unpaired) electrons. The summed E-state index contributed by atoms with van der Waals surface area (Å²) >= 11 is 0. The Morgan fingerprint density at radius 2 is 1.70 bits per heavy atom. The first-order valence-corrected chi connectivity index (χ1v) is 19.6. The van der Waals surface area contributed by atoms with Crippen LogP contribution in [0, 0.1) is 19.7 Å². The molecule has 11 nitrogen and oxygen atoms in total. The van der Waals surface area contributed by atoms with E-state index >= 15 is 0 Å². The zero-order chi connectivity index (χ0) is 36.6. The van der Waals surface area contributed by atoms with Crippen LogP contribution in [0.3, 0.4) is 0 Å². The molecule has 1 amide bonds. The second-order valence-electron chi connectivity index (χ2n) is 14.5. The highest BCUT2D eigenvalue weighted by atomic mass is 32.2. The number of aromatic amines is 1. The van der Waals surface area contributed by atoms with E-state index in [2.05, 4.69) is 27.9 Å². The fourth-order valence-corrected chi connectivity index (χ4v) is 8.81. The molecule has 6 aromatic rings. The number of hydrogen-bond donors (Lipinski definition) is 2. The molecule has 1 aliphatic carbocycles. The van der Waals surface area contributed by atoms with Gasteiger partial charge in [-0.25, -0.2) is 18.1 Å². The molecule has 1 unspecified atom stereocenters. The lowest BCUT2D eigenvalue weighted by atomic mass is 9.91. The molecule has 3 aromatic heterocycles. The first-order valence-electron chi connectivity index (χ1n) is 18.0. The van der Waals surface area contributed by atoms with E-state index < -0.39 is 16.5 Å². The standard InChI is InChI=1S/C40H40FN7O4S/c1-24-20-31(21-25(2)36(24)41)48-37(46-17-16-45(39(46)50)30-7-5-29(6-8-30)44-53(3)51)35-33(43-48)10-15-47(40(35)13-14-40)38(49)34-23-28-22-27(4-9-32(28)42-34)26-11-18-52-19-12-26/h4-9,16-17,20-23,26,42,44H,10-15,18-19H2,1-3H3. The Balaban J connectivity index is 1.14. The average molecular weight is 734 g/mol. The number of imidazole rings is 1. The lowest BCUT2D eigenvalue weighted by Crippen LogP contribution is -2.46. The molecule has 2 fully saturated rings. The van der Waals surface area contributed by atoms with Crippen molar-refractivity contribution in [3.8, 4) is 17.2 Å². The number of hydrogen-bond acceptors (Lipinski definition) is 5. The number of rotatable bonds is 7. The minimum atomic E-state index is -1.23. The van der Waals surface area contributed by atoms with Gasteiger partial charge in [0.15, 0.2) is 5.82 Å². The van der Waals surface area contributed by atoms with E-state index in [1.807, 2.05) is 11.0 Å². The number of ether oxygens (including phenoxy) is 1. The molecule has 3 aromatic carbocycles. The van der Waals surface area contributed by atoms with Crippen LogP contribution in [0.1, 0.15) is 70.0 Å². The summed E-state index contributed by atoms with van der Waals surface area (Å²) in [6, 6.07) is 19.0. The second kappa shape index (κ2) is 12.7. The maximum absolute atomic E-state index is 14.9. The maximum atomic E-state index is 14.9. The molecule has 2 N–H and O–H groups in total. The number of benzene rings is 3. The number of fused-ring (bicyclic) bond motifs is 3. The number of aromatic nitrogens is 5. The summed E-state index contributed by atoms with van der Waals surface area (Å²) < 4.78 is 39.9. The van der Waals surface area contributed by atoms with Crippen LogP contribution >= 0.6 is 0 Å². The van der Waals surface area contributed by atoms with Gasteiger partial charge in [-0.05, 0) is 117 Å². The highest BCUT2D eigenvalue weighted by Gasteiger charge is 2.57. The smallest absolute Gasteiger partial charge is 0.338 e. The van der Waals surface area contributed by atoms with Gasteiger partial charge in [-0.3, -0.25) is 13.9 Å². The third kappa shape index (κ3) is 5.64. The fraction of sp³-hybridized carbons (Fsp3) is 0.325. The molecule has 5 heterocycles. The van der Waals surface area contributed by atoms with Gasteiger partial charge in [0.1, 0.15) is 22.5 Å². The summed E-state index contributed by atoms with van der Waals surface area (Å²) in [5.74, 6) is 0.620. The number of halogens is 1. The third-order valence-electron chi connectivity index (χ3n) is 11.1. The number of amides is 1. The van der Waals surface area contributed by atoms with Gasteiger partial charge in [0, 0.05) is 67.0 Å². The van der Waals surface area contributed by atoms with Gasteiger partial charge in [-0.1, -0.05) is 6.07 Å². The van der Waals surface area contributed by atoms with E-state index in [1.165, 1.54) is 5.56 Å². The largest absolute Gasteiger partial charge is 0.381 e. The third-order valence-corrected chi connectivity index (χ3v) is 11.6. The summed E-state index contributed by atoms with van der Waals surface area (Å²) in [5.41, 5.74) is 6.30. The van der Waals surface area contributed by atoms with Crippen molar-refractivity contribution in [2.24, 2.45) is 0 Å². The molecule has 13 heteroatoms. The molecule has 0 bridgehead atoms. The Morgan fingerprint density at radius 1 is 0.981 bits per heavy atom. The first-order chi connectivity index (χ1) is 25.6. The number of carbonyl (C=O) groups excluding carboxylic acids is 1. The normalized spacial score (nSPS) is 17.3. The zero-order valence-corrected chi connectivity index (χ0v) is 30.6. The molecule has 2 aliphatic heterocycles. The van der Waals surface area contributed by atoms with Gasteiger partial charge in [-0.2, -0.15) is 5.10 Å². The van der Waals surface area contributed by atoms with E-state index in [9.17, 15) is 18.2 Å². The lowest BCUT2D eigenvalue weighted by Gasteiger charge is -2.36. The number of carbonyl (C=O) groups is 1. The van der Waals surface area contributed by atoms with Gasteiger partial charge in [0.2, 0.25) is 0 Å². The number of anilines is 1. The molecule has 1 atom stereocenters. The molecule has 3 aliphatic rings. The highest BCUT2D eigenvalue weighted by Crippen LogP contribution is 2.56. The van der Waals surface area contributed by atoms with Gasteiger partial charge in [0.05, 0.1) is 22.6 Å². The topological polar surface area (TPSA) is 119 Å². The van der Waals surface area contributed by atoms with E-state index in [1.54, 1.807) is 82.7 Å². The van der Waals surface area contributed by atoms with Gasteiger partial charge < -0.3 is 19.3 Å². The molecule has 53 heavy (non-hydrogen) atoms. The SMILES string of the molecule is Cc1cc(-n2nc3c(c2-n2ccn(-c4ccc(NS(C)=O)cc4)c2=O)C2(CC2)N(C(=O)c2cc4cc(C5CCOCC5)ccc4[nH]2)CC3)cc(C)c1F. The van der Waals surface area contributed by atoms with Crippen LogP contribution in [-0.4, -0.2) is 64.9 Å². The fourth-order valence-electron chi connectivity index (χ4n) is 8.34. The Hall–Kier alpha value is -5.27. The monoisotopic (exact) mass is 733 g/mol. The van der Waals surface area contributed by atoms with Crippen molar-refractivity contribution in [1.29, 1.82) is 0 Å². The van der Waals surface area contributed by atoms with Crippen LogP contribution in [0.5, 0.6) is 0 Å². The van der Waals surface area contributed by atoms with Crippen LogP contribution in [-0.2, 0) is 27.7 Å². The minimum Gasteiger partial charge on any atom is -0.381 e. The lowest BCUT2D eigenvalue weighted by molar-refractivity contribution is 0.0620. The first kappa shape index (κ1) is 33.6. The maximum Gasteiger partial charge on any atom is 0.338 e. The van der Waals surface area contributed by atoms with Crippen molar-refractivity contribution in [3.05, 3.63) is 123 Å². The summed E-state index contributed by atoms with van der Waals surface area (Å²) in [4.78, 5) is 34.3. The van der Waals surface area contributed by atoms with Crippen molar-refractivity contribution in [2.75, 3.05) is 30.7 Å². The zero-order valence-electron chi connectivity index (χ0n) is 29.8. The molecule has 1 saturated heterocycles. The van der Waals surface area contributed by atoms with E-state index in [4.69, 9.17) is 9.84 Å². The predicted octanol–water partition coefficient (Wildman–Crippen LogP) is 6.34. The minimum absolute atomic E-state index is 0.0873. The molecule has 1 saturated carbocycles. The second-order valence-corrected chi connectivity index (χ2v) is 15.6. The number of nitrogens with zero attached hydrogens (tertiary/aromatic N) is 5. The van der Waals surface area contributed by atoms with E-state index in [0.29, 0.717) is 58.6 Å². The van der Waals surface area contributed by atoms with Gasteiger partial charge >= 0.3 is 5.69 Å². The van der Waals surface area contributed by atoms with Crippen molar-refractivity contribution >= 4 is 33.5 Å². The predicted molar refractivity (Wildman–Crippen MR) is 202 cm³/mol. The molecule has 1 spiro atoms. The number of H-pyrrole nitrogens is 1. The Labute approximate surface area is 308 Å². The summed E-state index contributed by atoms with van der Waals surface area (Å²) in [7, 11) is -1.23. The average Bonchev–Trinajstić information content (AvgIpc) is 3.46. The quantitative estimate of drug-likeness (QED) is 0.199. The Morgan fingerprint density at radius 3 is 2.40 bits per heavy atom. The van der Waals surface area contributed by atoms with Crippen LogP contribution in [0.15, 0.2) is 77.9 Å². The van der Waals surface area contributed by atoms with Crippen molar-refractivity contribution in [1.82, 2.24) is 28.8 Å². The molecular formula is C40H40FN7O4S. The van der Waals surface area contributed by atoms with E-state index in [0.717, 1.165) is 61.1 Å². The van der Waals surface area contributed by atoms with Crippen LogP contribution in [0.2, 0.25) is 0 Å². The highest BCUT2D eigenvalue weighted by molar-refractivity contribution is 7.85. The molecule has 272 valence electrons.